The van der Waals surface area contributed by atoms with E-state index in [1.54, 1.807) is 0 Å². The van der Waals surface area contributed by atoms with Crippen molar-refractivity contribution in [3.63, 3.8) is 0 Å². The maximum atomic E-state index is 13.7. The molecule has 0 radical (unpaired) electrons. The van der Waals surface area contributed by atoms with Gasteiger partial charge in [-0.25, -0.2) is 0 Å². The second-order valence-electron chi connectivity index (χ2n) is 6.64. The number of aliphatic hydroxyl groups is 1. The van der Waals surface area contributed by atoms with E-state index in [9.17, 15) is 9.90 Å². The molecule has 4 rings (SSSR count). The average Bonchev–Trinajstić information content (AvgIpc) is 2.93. The van der Waals surface area contributed by atoms with Crippen molar-refractivity contribution < 1.29 is 9.90 Å². The first kappa shape index (κ1) is 16.6. The molecule has 1 aliphatic rings. The molecule has 1 amide bonds. The van der Waals surface area contributed by atoms with E-state index in [1.165, 1.54) is 0 Å². The van der Waals surface area contributed by atoms with Crippen LogP contribution in [-0.2, 0) is 16.8 Å². The Hall–Kier alpha value is -2.91. The van der Waals surface area contributed by atoms with Gasteiger partial charge < -0.3 is 10.0 Å². The van der Waals surface area contributed by atoms with Gasteiger partial charge in [-0.1, -0.05) is 78.9 Å². The molecule has 0 unspecified atom stereocenters. The first-order valence-electron chi connectivity index (χ1n) is 8.89. The van der Waals surface area contributed by atoms with E-state index in [1.807, 2.05) is 89.8 Å². The third-order valence-electron chi connectivity index (χ3n) is 5.20. The third-order valence-corrected chi connectivity index (χ3v) is 5.20. The molecular formula is C23H21NO2. The second kappa shape index (κ2) is 6.77. The first-order valence-corrected chi connectivity index (χ1v) is 8.89. The number of hydrogen-bond donors (Lipinski definition) is 1. The number of anilines is 1. The van der Waals surface area contributed by atoms with E-state index in [0.29, 0.717) is 13.0 Å². The van der Waals surface area contributed by atoms with Gasteiger partial charge in [-0.3, -0.25) is 4.79 Å². The van der Waals surface area contributed by atoms with Crippen molar-refractivity contribution in [3.05, 3.63) is 102 Å². The van der Waals surface area contributed by atoms with Crippen LogP contribution in [0.4, 0.5) is 5.69 Å². The zero-order valence-electron chi connectivity index (χ0n) is 14.5. The summed E-state index contributed by atoms with van der Waals surface area (Å²) in [5.41, 5.74) is 3.09. The van der Waals surface area contributed by atoms with Gasteiger partial charge in [0.05, 0.1) is 6.54 Å². The monoisotopic (exact) mass is 343 g/mol. The summed E-state index contributed by atoms with van der Waals surface area (Å²) in [6.45, 7) is 0.477. The lowest BCUT2D eigenvalue weighted by Crippen LogP contribution is -2.41. The minimum Gasteiger partial charge on any atom is -0.396 e. The fourth-order valence-corrected chi connectivity index (χ4v) is 4.00. The minimum absolute atomic E-state index is 0.0304. The van der Waals surface area contributed by atoms with Crippen LogP contribution in [0.3, 0.4) is 0 Å². The molecule has 0 aliphatic carbocycles. The number of carbonyl (C=O) groups is 1. The second-order valence-corrected chi connectivity index (χ2v) is 6.64. The number of amides is 1. The van der Waals surface area contributed by atoms with Crippen molar-refractivity contribution in [3.8, 4) is 0 Å². The van der Waals surface area contributed by atoms with Crippen molar-refractivity contribution in [1.29, 1.82) is 0 Å². The summed E-state index contributed by atoms with van der Waals surface area (Å²) in [4.78, 5) is 15.5. The van der Waals surface area contributed by atoms with Gasteiger partial charge >= 0.3 is 0 Å². The molecule has 3 aromatic rings. The quantitative estimate of drug-likeness (QED) is 0.763. The average molecular weight is 343 g/mol. The number of hydrogen-bond acceptors (Lipinski definition) is 2. The Morgan fingerprint density at radius 2 is 1.42 bits per heavy atom. The Morgan fingerprint density at radius 3 is 2.12 bits per heavy atom. The van der Waals surface area contributed by atoms with Crippen molar-refractivity contribution in [1.82, 2.24) is 0 Å². The van der Waals surface area contributed by atoms with Crippen LogP contribution < -0.4 is 4.90 Å². The Labute approximate surface area is 153 Å². The van der Waals surface area contributed by atoms with E-state index in [-0.39, 0.29) is 12.5 Å². The highest BCUT2D eigenvalue weighted by Crippen LogP contribution is 2.48. The first-order chi connectivity index (χ1) is 12.8. The maximum Gasteiger partial charge on any atom is 0.242 e. The standard InChI is InChI=1S/C23H21NO2/c25-16-15-23(19-11-5-2-6-12-19)20-13-7-8-14-21(20)24(22(23)26)17-18-9-3-1-4-10-18/h1-14,25H,15-17H2/t23-/m0/s1. The Bertz CT molecular complexity index is 908. The summed E-state index contributed by atoms with van der Waals surface area (Å²) < 4.78 is 0. The number of carbonyl (C=O) groups excluding carboxylic acids is 1. The Kier molecular flexibility index (Phi) is 4.31. The summed E-state index contributed by atoms with van der Waals surface area (Å²) in [6, 6.07) is 27.8. The van der Waals surface area contributed by atoms with Crippen LogP contribution in [0.2, 0.25) is 0 Å². The van der Waals surface area contributed by atoms with Gasteiger partial charge in [0.1, 0.15) is 5.41 Å². The van der Waals surface area contributed by atoms with Gasteiger partial charge in [0.25, 0.3) is 0 Å². The molecule has 1 aliphatic heterocycles. The highest BCUT2D eigenvalue weighted by atomic mass is 16.3. The number of benzene rings is 3. The van der Waals surface area contributed by atoms with E-state index in [0.717, 1.165) is 22.4 Å². The molecule has 3 nitrogen and oxygen atoms in total. The van der Waals surface area contributed by atoms with Crippen molar-refractivity contribution in [2.24, 2.45) is 0 Å². The molecule has 3 aromatic carbocycles. The molecule has 0 bridgehead atoms. The summed E-state index contributed by atoms with van der Waals surface area (Å²) in [5.74, 6) is 0.0304. The summed E-state index contributed by atoms with van der Waals surface area (Å²) in [6.07, 6.45) is 0.373. The summed E-state index contributed by atoms with van der Waals surface area (Å²) >= 11 is 0. The molecule has 0 spiro atoms. The van der Waals surface area contributed by atoms with Crippen molar-refractivity contribution in [2.75, 3.05) is 11.5 Å². The van der Waals surface area contributed by atoms with Crippen LogP contribution in [0.5, 0.6) is 0 Å². The molecule has 0 saturated heterocycles. The van der Waals surface area contributed by atoms with E-state index >= 15 is 0 Å². The molecule has 1 atom stereocenters. The number of rotatable bonds is 5. The lowest BCUT2D eigenvalue weighted by molar-refractivity contribution is -0.122. The van der Waals surface area contributed by atoms with Crippen LogP contribution >= 0.6 is 0 Å². The number of nitrogens with zero attached hydrogens (tertiary/aromatic N) is 1. The minimum atomic E-state index is -0.832. The highest BCUT2D eigenvalue weighted by Gasteiger charge is 2.51. The molecule has 26 heavy (non-hydrogen) atoms. The van der Waals surface area contributed by atoms with Gasteiger partial charge in [0.2, 0.25) is 5.91 Å². The van der Waals surface area contributed by atoms with E-state index in [2.05, 4.69) is 0 Å². The van der Waals surface area contributed by atoms with Crippen LogP contribution in [-0.4, -0.2) is 17.6 Å². The predicted octanol–water partition coefficient (Wildman–Crippen LogP) is 3.90. The van der Waals surface area contributed by atoms with Crippen LogP contribution in [0, 0.1) is 0 Å². The Morgan fingerprint density at radius 1 is 0.808 bits per heavy atom. The Balaban J connectivity index is 1.87. The molecule has 1 heterocycles. The number of fused-ring (bicyclic) bond motifs is 1. The summed E-state index contributed by atoms with van der Waals surface area (Å²) in [5, 5.41) is 9.80. The van der Waals surface area contributed by atoms with Gasteiger partial charge in [0, 0.05) is 12.3 Å². The zero-order chi connectivity index (χ0) is 18.0. The van der Waals surface area contributed by atoms with Gasteiger partial charge in [0.15, 0.2) is 0 Å². The maximum absolute atomic E-state index is 13.7. The molecule has 130 valence electrons. The lowest BCUT2D eigenvalue weighted by atomic mass is 9.73. The van der Waals surface area contributed by atoms with Gasteiger partial charge in [-0.15, -0.1) is 0 Å². The van der Waals surface area contributed by atoms with Crippen molar-refractivity contribution >= 4 is 11.6 Å². The molecule has 1 N–H and O–H groups in total. The molecule has 0 aromatic heterocycles. The SMILES string of the molecule is O=C1N(Cc2ccccc2)c2ccccc2[C@]1(CCO)c1ccccc1. The smallest absolute Gasteiger partial charge is 0.242 e. The topological polar surface area (TPSA) is 40.5 Å². The largest absolute Gasteiger partial charge is 0.396 e. The van der Waals surface area contributed by atoms with Crippen molar-refractivity contribution in [2.45, 2.75) is 18.4 Å². The van der Waals surface area contributed by atoms with Crippen LogP contribution in [0.25, 0.3) is 0 Å². The van der Waals surface area contributed by atoms with Gasteiger partial charge in [-0.05, 0) is 29.2 Å². The highest BCUT2D eigenvalue weighted by molar-refractivity contribution is 6.10. The predicted molar refractivity (Wildman–Crippen MR) is 103 cm³/mol. The normalized spacial score (nSPS) is 18.8. The van der Waals surface area contributed by atoms with E-state index < -0.39 is 5.41 Å². The summed E-state index contributed by atoms with van der Waals surface area (Å²) in [7, 11) is 0. The third kappa shape index (κ3) is 2.52. The molecule has 0 saturated carbocycles. The zero-order valence-corrected chi connectivity index (χ0v) is 14.5. The molecular weight excluding hydrogens is 322 g/mol. The molecule has 3 heteroatoms. The lowest BCUT2D eigenvalue weighted by Gasteiger charge is -2.29. The number of para-hydroxylation sites is 1. The fourth-order valence-electron chi connectivity index (χ4n) is 4.00. The fraction of sp³-hybridized carbons (Fsp3) is 0.174. The van der Waals surface area contributed by atoms with Gasteiger partial charge in [-0.2, -0.15) is 0 Å². The molecule has 0 fully saturated rings. The number of aliphatic hydroxyl groups excluding tert-OH is 1. The van der Waals surface area contributed by atoms with Crippen LogP contribution in [0.1, 0.15) is 23.1 Å². The van der Waals surface area contributed by atoms with Crippen LogP contribution in [0.15, 0.2) is 84.9 Å². The van der Waals surface area contributed by atoms with E-state index in [4.69, 9.17) is 0 Å².